The first-order chi connectivity index (χ1) is 39.6. The Hall–Kier alpha value is -9.86. The predicted octanol–water partition coefficient (Wildman–Crippen LogP) is 15.8. The molecule has 12 aliphatic carbocycles. The van der Waals surface area contributed by atoms with Crippen molar-refractivity contribution in [2.75, 3.05) is 0 Å². The summed E-state index contributed by atoms with van der Waals surface area (Å²) in [6.07, 6.45) is 0. The van der Waals surface area contributed by atoms with Crippen LogP contribution >= 0.6 is 0 Å². The van der Waals surface area contributed by atoms with Gasteiger partial charge in [0.1, 0.15) is 11.5 Å². The Kier molecular flexibility index (Phi) is 8.34. The van der Waals surface area contributed by atoms with Gasteiger partial charge < -0.3 is 10.2 Å². The van der Waals surface area contributed by atoms with Crippen LogP contribution in [-0.4, -0.2) is 10.2 Å². The smallest absolute Gasteiger partial charge is 0.124 e. The van der Waals surface area contributed by atoms with E-state index >= 15 is 0 Å². The zero-order chi connectivity index (χ0) is 52.2. The summed E-state index contributed by atoms with van der Waals surface area (Å²) in [6.45, 7) is 0. The van der Waals surface area contributed by atoms with Gasteiger partial charge in [0.25, 0.3) is 0 Å². The normalized spacial score (nSPS) is 21.4. The molecule has 0 aliphatic heterocycles. The highest BCUT2D eigenvalue weighted by molar-refractivity contribution is 5.85. The molecule has 0 spiro atoms. The van der Waals surface area contributed by atoms with Gasteiger partial charge in [0.15, 0.2) is 0 Å². The first-order valence-electron chi connectivity index (χ1n) is 28.3. The molecule has 0 radical (unpaired) electrons. The molecule has 0 unspecified atom stereocenters. The van der Waals surface area contributed by atoms with Gasteiger partial charge in [-0.25, -0.2) is 0 Å². The van der Waals surface area contributed by atoms with Crippen molar-refractivity contribution in [3.8, 4) is 35.2 Å². The van der Waals surface area contributed by atoms with Crippen molar-refractivity contribution >= 4 is 0 Å². The summed E-state index contributed by atoms with van der Waals surface area (Å²) in [7, 11) is 0. The van der Waals surface area contributed by atoms with Gasteiger partial charge in [-0.3, -0.25) is 0 Å². The number of benzene rings is 11. The quantitative estimate of drug-likeness (QED) is 0.149. The van der Waals surface area contributed by atoms with Crippen molar-refractivity contribution in [1.82, 2.24) is 0 Å². The molecule has 11 aromatic carbocycles. The Bertz CT molecular complexity index is 4060. The Balaban J connectivity index is 0.800. The average Bonchev–Trinajstić information content (AvgIpc) is 2.31. The number of hydrogen-bond acceptors (Lipinski definition) is 2. The topological polar surface area (TPSA) is 40.5 Å². The van der Waals surface area contributed by atoms with E-state index in [9.17, 15) is 10.2 Å². The molecule has 11 aromatic rings. The number of phenolic OH excluding ortho intramolecular Hbond substituents is 2. The number of phenols is 2. The lowest BCUT2D eigenvalue weighted by Gasteiger charge is -2.48. The van der Waals surface area contributed by atoms with Crippen LogP contribution in [0.25, 0.3) is 0 Å². The van der Waals surface area contributed by atoms with Crippen molar-refractivity contribution < 1.29 is 10.2 Å². The van der Waals surface area contributed by atoms with Gasteiger partial charge in [-0.2, -0.15) is 0 Å². The van der Waals surface area contributed by atoms with E-state index < -0.39 is 0 Å². The lowest BCUT2D eigenvalue weighted by Crippen LogP contribution is -2.33. The van der Waals surface area contributed by atoms with Gasteiger partial charge in [0, 0.05) is 91.9 Å². The van der Waals surface area contributed by atoms with Crippen LogP contribution in [0, 0.1) is 23.7 Å². The van der Waals surface area contributed by atoms with E-state index in [1.165, 1.54) is 89.0 Å². The second-order valence-corrected chi connectivity index (χ2v) is 23.3. The molecule has 0 atom stereocenters. The summed E-state index contributed by atoms with van der Waals surface area (Å²) in [5.74, 6) is 15.5. The van der Waals surface area contributed by atoms with E-state index in [1.54, 1.807) is 0 Å². The molecule has 0 fully saturated rings. The van der Waals surface area contributed by atoms with Crippen LogP contribution in [0.2, 0.25) is 0 Å². The van der Waals surface area contributed by atoms with Crippen LogP contribution in [-0.2, 0) is 0 Å². The molecule has 0 aromatic heterocycles. The molecule has 2 N–H and O–H groups in total. The van der Waals surface area contributed by atoms with E-state index in [1.807, 2.05) is 0 Å². The summed E-state index contributed by atoms with van der Waals surface area (Å²) in [5.41, 5.74) is 33.2. The average molecular weight is 1020 g/mol. The summed E-state index contributed by atoms with van der Waals surface area (Å²) in [6, 6.07) is 79.6. The molecule has 370 valence electrons. The monoisotopic (exact) mass is 1010 g/mol. The molecule has 0 heterocycles. The third-order valence-electron chi connectivity index (χ3n) is 20.1. The maximum atomic E-state index is 13.2. The molecule has 0 saturated heterocycles. The number of rotatable bonds is 0. The third kappa shape index (κ3) is 5.24. The summed E-state index contributed by atoms with van der Waals surface area (Å²) in [4.78, 5) is 0. The van der Waals surface area contributed by atoms with Crippen LogP contribution in [0.5, 0.6) is 11.5 Å². The first kappa shape index (κ1) is 43.2. The van der Waals surface area contributed by atoms with Gasteiger partial charge in [-0.15, -0.1) is 0 Å². The fraction of sp³-hybridized carbons (Fsp3) is 0.103. The van der Waals surface area contributed by atoms with Crippen LogP contribution < -0.4 is 0 Å². The Labute approximate surface area is 464 Å². The van der Waals surface area contributed by atoms with Crippen LogP contribution in [0.3, 0.4) is 0 Å². The molecule has 12 aliphatic rings. The summed E-state index contributed by atoms with van der Waals surface area (Å²) < 4.78 is 0. The van der Waals surface area contributed by atoms with Crippen molar-refractivity contribution in [2.45, 2.75) is 47.3 Å². The zero-order valence-corrected chi connectivity index (χ0v) is 43.3. The van der Waals surface area contributed by atoms with E-state index in [0.29, 0.717) is 11.5 Å². The van der Waals surface area contributed by atoms with Gasteiger partial charge in [0.2, 0.25) is 0 Å². The lowest BCUT2D eigenvalue weighted by atomic mass is 9.54. The minimum absolute atomic E-state index is 0.0720. The number of aromatic hydroxyl groups is 2. The van der Waals surface area contributed by atoms with Crippen molar-refractivity contribution in [1.29, 1.82) is 0 Å². The molecule has 8 bridgehead atoms. The van der Waals surface area contributed by atoms with Gasteiger partial charge in [0.05, 0.1) is 0 Å². The highest BCUT2D eigenvalue weighted by Crippen LogP contribution is 2.68. The highest BCUT2D eigenvalue weighted by Gasteiger charge is 2.53. The first-order valence-corrected chi connectivity index (χ1v) is 28.3. The minimum atomic E-state index is -0.110. The van der Waals surface area contributed by atoms with Crippen LogP contribution in [0.1, 0.15) is 203 Å². The van der Waals surface area contributed by atoms with Gasteiger partial charge >= 0.3 is 0 Å². The zero-order valence-electron chi connectivity index (χ0n) is 43.3. The van der Waals surface area contributed by atoms with Crippen LogP contribution in [0.4, 0.5) is 0 Å². The van der Waals surface area contributed by atoms with Gasteiger partial charge in [-0.1, -0.05) is 218 Å². The minimum Gasteiger partial charge on any atom is -0.507 e. The van der Waals surface area contributed by atoms with Gasteiger partial charge in [-0.05, 0) is 136 Å². The molecule has 2 nitrogen and oxygen atoms in total. The maximum absolute atomic E-state index is 13.2. The highest BCUT2D eigenvalue weighted by atomic mass is 16.3. The standard InChI is InChI=1S/C78H46O2/c79-77-73-65-51-25-9-1-17-43(51)61(44-18-2-10-26-52(44)65)69(73)59(70-62-45-19-3-11-27-53(45)66(74(70)77)54-28-12-4-20-46(54)62)39-37-41-33-35-42(36-34-41)38-40-60-71-63-47-21-5-13-29-55(47)67(56-30-14-6-22-48(56)63)75(71)78(80)76-68-57-31-15-7-23-49(57)64(72(60)76)50-24-8-16-32-58(50)68/h1-36,61-68,79-80H. The Morgan fingerprint density at radius 3 is 0.500 bits per heavy atom. The van der Waals surface area contributed by atoms with E-state index in [-0.39, 0.29) is 47.3 Å². The predicted molar refractivity (Wildman–Crippen MR) is 314 cm³/mol. The fourth-order valence-corrected chi connectivity index (χ4v) is 17.3. The van der Waals surface area contributed by atoms with E-state index in [4.69, 9.17) is 0 Å². The summed E-state index contributed by atoms with van der Waals surface area (Å²) in [5, 5.41) is 26.4. The second kappa shape index (κ2) is 15.5. The molecule has 2 heteroatoms. The SMILES string of the molecule is Oc1c2c(c(C#Cc3ccc(C#Cc4c5c(c(O)c6c4C4c7ccccc7C6c6ccccc64)C4c6ccccc6C5c5ccccc54)cc3)c3c1C1c4ccccc4C3c3ccccc31)C1c3ccccc3C2c2ccccc21. The molecular weight excluding hydrogens is 969 g/mol. The third-order valence-corrected chi connectivity index (χ3v) is 20.1. The van der Waals surface area contributed by atoms with Crippen molar-refractivity contribution in [2.24, 2.45) is 0 Å². The van der Waals surface area contributed by atoms with E-state index in [0.717, 1.165) is 66.8 Å². The second-order valence-electron chi connectivity index (χ2n) is 23.3. The fourth-order valence-electron chi connectivity index (χ4n) is 17.3. The van der Waals surface area contributed by atoms with Crippen LogP contribution in [0.15, 0.2) is 218 Å². The molecule has 0 saturated carbocycles. The molecular formula is C78H46O2. The van der Waals surface area contributed by atoms with E-state index in [2.05, 4.69) is 242 Å². The Morgan fingerprint density at radius 1 is 0.188 bits per heavy atom. The summed E-state index contributed by atoms with van der Waals surface area (Å²) >= 11 is 0. The van der Waals surface area contributed by atoms with Crippen molar-refractivity contribution in [3.63, 3.8) is 0 Å². The molecule has 80 heavy (non-hydrogen) atoms. The lowest BCUT2D eigenvalue weighted by molar-refractivity contribution is 0.449. The Morgan fingerprint density at radius 2 is 0.338 bits per heavy atom. The largest absolute Gasteiger partial charge is 0.507 e. The maximum Gasteiger partial charge on any atom is 0.124 e. The number of hydrogen-bond donors (Lipinski definition) is 2. The molecule has 0 amide bonds. The molecule has 23 rings (SSSR count). The van der Waals surface area contributed by atoms with Crippen molar-refractivity contribution in [3.05, 3.63) is 374 Å².